The van der Waals surface area contributed by atoms with Crippen LogP contribution in [0.3, 0.4) is 0 Å². The molecule has 1 aromatic heterocycles. The zero-order valence-corrected chi connectivity index (χ0v) is 11.5. The number of rotatable bonds is 5. The predicted molar refractivity (Wildman–Crippen MR) is 81.6 cm³/mol. The average Bonchev–Trinajstić information content (AvgIpc) is 2.90. The molecule has 21 heavy (non-hydrogen) atoms. The fourth-order valence-corrected chi connectivity index (χ4v) is 2.20. The van der Waals surface area contributed by atoms with Crippen LogP contribution in [-0.2, 0) is 13.1 Å². The molecule has 0 aliphatic heterocycles. The number of nitrogens with two attached hydrogens (primary N) is 1. The van der Waals surface area contributed by atoms with Crippen molar-refractivity contribution in [1.29, 1.82) is 0 Å². The lowest BCUT2D eigenvalue weighted by Gasteiger charge is -2.03. The minimum absolute atomic E-state index is 0.406. The molecule has 0 aliphatic rings. The van der Waals surface area contributed by atoms with Crippen LogP contribution in [0, 0.1) is 0 Å². The third-order valence-corrected chi connectivity index (χ3v) is 3.30. The largest absolute Gasteiger partial charge is 0.366 e. The first-order valence-electron chi connectivity index (χ1n) is 6.75. The summed E-state index contributed by atoms with van der Waals surface area (Å²) in [5.74, 6) is 0.502. The number of para-hydroxylation sites is 2. The maximum atomic E-state index is 11.0. The van der Waals surface area contributed by atoms with Crippen LogP contribution in [0.2, 0.25) is 0 Å². The van der Waals surface area contributed by atoms with Crippen molar-refractivity contribution in [2.75, 3.05) is 0 Å². The molecule has 0 aliphatic carbocycles. The first kappa shape index (κ1) is 13.3. The van der Waals surface area contributed by atoms with Gasteiger partial charge in [0.2, 0.25) is 5.91 Å². The van der Waals surface area contributed by atoms with Gasteiger partial charge < -0.3 is 16.0 Å². The number of primary amides is 1. The standard InChI is InChI=1S/C16H16N4O/c17-16(21)12-7-5-11(6-8-12)9-18-10-15-19-13-3-1-2-4-14(13)20-15/h1-8,18H,9-10H2,(H2,17,21)(H,19,20). The number of fused-ring (bicyclic) bond motifs is 1. The summed E-state index contributed by atoms with van der Waals surface area (Å²) in [6.07, 6.45) is 0. The molecule has 5 heteroatoms. The third-order valence-electron chi connectivity index (χ3n) is 3.30. The smallest absolute Gasteiger partial charge is 0.248 e. The second-order valence-electron chi connectivity index (χ2n) is 4.87. The molecule has 1 amide bonds. The van der Waals surface area contributed by atoms with E-state index in [4.69, 9.17) is 5.73 Å². The van der Waals surface area contributed by atoms with Crippen molar-refractivity contribution in [3.63, 3.8) is 0 Å². The average molecular weight is 280 g/mol. The number of H-pyrrole nitrogens is 1. The molecule has 0 radical (unpaired) electrons. The molecule has 106 valence electrons. The molecule has 1 heterocycles. The second kappa shape index (κ2) is 5.76. The molecule has 0 spiro atoms. The molecule has 5 nitrogen and oxygen atoms in total. The molecule has 4 N–H and O–H groups in total. The minimum Gasteiger partial charge on any atom is -0.366 e. The Morgan fingerprint density at radius 2 is 1.86 bits per heavy atom. The van der Waals surface area contributed by atoms with Gasteiger partial charge in [-0.05, 0) is 29.8 Å². The zero-order chi connectivity index (χ0) is 14.7. The van der Waals surface area contributed by atoms with Crippen molar-refractivity contribution >= 4 is 16.9 Å². The molecule has 0 bridgehead atoms. The van der Waals surface area contributed by atoms with Crippen LogP contribution >= 0.6 is 0 Å². The topological polar surface area (TPSA) is 83.8 Å². The summed E-state index contributed by atoms with van der Waals surface area (Å²) in [6, 6.07) is 15.2. The second-order valence-corrected chi connectivity index (χ2v) is 4.87. The van der Waals surface area contributed by atoms with Crippen LogP contribution in [0.1, 0.15) is 21.7 Å². The fourth-order valence-electron chi connectivity index (χ4n) is 2.20. The molecule has 0 saturated carbocycles. The Bertz CT molecular complexity index is 728. The number of aromatic nitrogens is 2. The maximum absolute atomic E-state index is 11.0. The van der Waals surface area contributed by atoms with Gasteiger partial charge in [0.1, 0.15) is 5.82 Å². The first-order valence-corrected chi connectivity index (χ1v) is 6.75. The number of nitrogens with zero attached hydrogens (tertiary/aromatic N) is 1. The maximum Gasteiger partial charge on any atom is 0.248 e. The number of aromatic amines is 1. The quantitative estimate of drug-likeness (QED) is 0.668. The Labute approximate surface area is 122 Å². The van der Waals surface area contributed by atoms with E-state index in [1.54, 1.807) is 12.1 Å². The Hall–Kier alpha value is -2.66. The van der Waals surface area contributed by atoms with Crippen LogP contribution in [0.25, 0.3) is 11.0 Å². The molecular formula is C16H16N4O. The first-order chi connectivity index (χ1) is 10.2. The summed E-state index contributed by atoms with van der Waals surface area (Å²) < 4.78 is 0. The van der Waals surface area contributed by atoms with Gasteiger partial charge in [-0.3, -0.25) is 4.79 Å². The van der Waals surface area contributed by atoms with Crippen LogP contribution in [0.4, 0.5) is 0 Å². The monoisotopic (exact) mass is 280 g/mol. The van der Waals surface area contributed by atoms with Gasteiger partial charge in [-0.2, -0.15) is 0 Å². The number of imidazole rings is 1. The van der Waals surface area contributed by atoms with Gasteiger partial charge in [0.25, 0.3) is 0 Å². The van der Waals surface area contributed by atoms with E-state index < -0.39 is 5.91 Å². The highest BCUT2D eigenvalue weighted by molar-refractivity contribution is 5.92. The number of carbonyl (C=O) groups is 1. The summed E-state index contributed by atoms with van der Waals surface area (Å²) in [7, 11) is 0. The van der Waals surface area contributed by atoms with E-state index in [1.165, 1.54) is 0 Å². The molecule has 0 saturated heterocycles. The van der Waals surface area contributed by atoms with Gasteiger partial charge in [-0.15, -0.1) is 0 Å². The summed E-state index contributed by atoms with van der Waals surface area (Å²) in [5, 5.41) is 3.32. The van der Waals surface area contributed by atoms with Gasteiger partial charge in [0.05, 0.1) is 17.6 Å². The summed E-state index contributed by atoms with van der Waals surface area (Å²) in [4.78, 5) is 18.8. The zero-order valence-electron chi connectivity index (χ0n) is 11.5. The Morgan fingerprint density at radius 3 is 2.57 bits per heavy atom. The van der Waals surface area contributed by atoms with E-state index in [1.807, 2.05) is 36.4 Å². The van der Waals surface area contributed by atoms with E-state index >= 15 is 0 Å². The summed E-state index contributed by atoms with van der Waals surface area (Å²) in [5.41, 5.74) is 8.84. The molecule has 0 fully saturated rings. The number of benzene rings is 2. The van der Waals surface area contributed by atoms with Crippen LogP contribution in [0.5, 0.6) is 0 Å². The van der Waals surface area contributed by atoms with Crippen LogP contribution in [-0.4, -0.2) is 15.9 Å². The Morgan fingerprint density at radius 1 is 1.10 bits per heavy atom. The van der Waals surface area contributed by atoms with Gasteiger partial charge in [0, 0.05) is 12.1 Å². The van der Waals surface area contributed by atoms with Crippen molar-refractivity contribution in [1.82, 2.24) is 15.3 Å². The van der Waals surface area contributed by atoms with E-state index in [2.05, 4.69) is 15.3 Å². The highest BCUT2D eigenvalue weighted by Crippen LogP contribution is 2.10. The molecule has 2 aromatic carbocycles. The lowest BCUT2D eigenvalue weighted by molar-refractivity contribution is 0.100. The van der Waals surface area contributed by atoms with E-state index in [9.17, 15) is 4.79 Å². The highest BCUT2D eigenvalue weighted by Gasteiger charge is 2.02. The molecule has 0 atom stereocenters. The Kier molecular flexibility index (Phi) is 3.66. The highest BCUT2D eigenvalue weighted by atomic mass is 16.1. The molecule has 0 unspecified atom stereocenters. The number of amides is 1. The molecular weight excluding hydrogens is 264 g/mol. The lowest BCUT2D eigenvalue weighted by Crippen LogP contribution is -2.14. The minimum atomic E-state index is -0.406. The van der Waals surface area contributed by atoms with Crippen molar-refractivity contribution in [2.24, 2.45) is 5.73 Å². The van der Waals surface area contributed by atoms with Crippen LogP contribution < -0.4 is 11.1 Å². The number of hydrogen-bond acceptors (Lipinski definition) is 3. The van der Waals surface area contributed by atoms with E-state index in [0.717, 1.165) is 22.4 Å². The number of nitrogens with one attached hydrogen (secondary N) is 2. The van der Waals surface area contributed by atoms with Crippen molar-refractivity contribution in [2.45, 2.75) is 13.1 Å². The lowest BCUT2D eigenvalue weighted by atomic mass is 10.1. The normalized spacial score (nSPS) is 10.9. The van der Waals surface area contributed by atoms with Gasteiger partial charge >= 0.3 is 0 Å². The van der Waals surface area contributed by atoms with Crippen LogP contribution in [0.15, 0.2) is 48.5 Å². The SMILES string of the molecule is NC(=O)c1ccc(CNCc2nc3ccccc3[nH]2)cc1. The van der Waals surface area contributed by atoms with E-state index in [0.29, 0.717) is 18.7 Å². The molecule has 3 rings (SSSR count). The summed E-state index contributed by atoms with van der Waals surface area (Å²) in [6.45, 7) is 1.36. The Balaban J connectivity index is 1.59. The van der Waals surface area contributed by atoms with Crippen molar-refractivity contribution in [3.8, 4) is 0 Å². The fraction of sp³-hybridized carbons (Fsp3) is 0.125. The van der Waals surface area contributed by atoms with Crippen molar-refractivity contribution in [3.05, 3.63) is 65.5 Å². The number of carbonyl (C=O) groups excluding carboxylic acids is 1. The predicted octanol–water partition coefficient (Wildman–Crippen LogP) is 1.95. The third kappa shape index (κ3) is 3.09. The van der Waals surface area contributed by atoms with Gasteiger partial charge in [-0.25, -0.2) is 4.98 Å². The van der Waals surface area contributed by atoms with Gasteiger partial charge in [-0.1, -0.05) is 24.3 Å². The molecule has 3 aromatic rings. The number of hydrogen-bond donors (Lipinski definition) is 3. The van der Waals surface area contributed by atoms with Gasteiger partial charge in [0.15, 0.2) is 0 Å². The van der Waals surface area contributed by atoms with Crippen molar-refractivity contribution < 1.29 is 4.79 Å². The van der Waals surface area contributed by atoms with E-state index in [-0.39, 0.29) is 0 Å². The summed E-state index contributed by atoms with van der Waals surface area (Å²) >= 11 is 0.